The highest BCUT2D eigenvalue weighted by Crippen LogP contribution is 2.15. The number of nitrogens with zero attached hydrogens (tertiary/aromatic N) is 1. The number of hydrogen-bond acceptors (Lipinski definition) is 5. The molecule has 0 unspecified atom stereocenters. The highest BCUT2D eigenvalue weighted by Gasteiger charge is 2.12. The van der Waals surface area contributed by atoms with E-state index < -0.39 is 11.9 Å². The van der Waals surface area contributed by atoms with Gasteiger partial charge in [-0.2, -0.15) is 0 Å². The van der Waals surface area contributed by atoms with E-state index in [2.05, 4.69) is 9.72 Å². The van der Waals surface area contributed by atoms with Gasteiger partial charge in [0.05, 0.1) is 24.4 Å². The molecule has 1 aromatic carbocycles. The second-order valence-electron chi connectivity index (χ2n) is 3.78. The van der Waals surface area contributed by atoms with Crippen LogP contribution in [0.2, 0.25) is 5.15 Å². The molecule has 2 aromatic rings. The molecule has 0 amide bonds. The quantitative estimate of drug-likeness (QED) is 0.642. The first-order valence-corrected chi connectivity index (χ1v) is 6.00. The number of carbonyl (C=O) groups excluding carboxylic acids is 2. The number of carbonyl (C=O) groups is 2. The van der Waals surface area contributed by atoms with E-state index in [1.54, 1.807) is 12.1 Å². The molecule has 102 valence electrons. The lowest BCUT2D eigenvalue weighted by Gasteiger charge is -2.05. The third-order valence-corrected chi connectivity index (χ3v) is 2.65. The number of ether oxygens (including phenoxy) is 2. The van der Waals surface area contributed by atoms with Gasteiger partial charge in [-0.15, -0.1) is 0 Å². The van der Waals surface area contributed by atoms with E-state index in [0.29, 0.717) is 5.15 Å². The Hall–Kier alpha value is -2.40. The minimum atomic E-state index is -0.597. The smallest absolute Gasteiger partial charge is 0.343 e. The molecule has 1 heterocycles. The van der Waals surface area contributed by atoms with Crippen molar-refractivity contribution in [2.45, 2.75) is 0 Å². The Labute approximate surface area is 120 Å². The topological polar surface area (TPSA) is 65.5 Å². The lowest BCUT2D eigenvalue weighted by molar-refractivity contribution is 0.0600. The van der Waals surface area contributed by atoms with E-state index in [0.717, 1.165) is 0 Å². The molecule has 0 saturated carbocycles. The van der Waals surface area contributed by atoms with E-state index in [1.165, 1.54) is 37.6 Å². The van der Waals surface area contributed by atoms with Crippen molar-refractivity contribution in [2.75, 3.05) is 7.11 Å². The molecule has 20 heavy (non-hydrogen) atoms. The number of hydrogen-bond donors (Lipinski definition) is 0. The van der Waals surface area contributed by atoms with Crippen LogP contribution >= 0.6 is 11.6 Å². The summed E-state index contributed by atoms with van der Waals surface area (Å²) in [7, 11) is 1.27. The van der Waals surface area contributed by atoms with Gasteiger partial charge in [-0.1, -0.05) is 17.7 Å². The third kappa shape index (κ3) is 3.33. The fourth-order valence-corrected chi connectivity index (χ4v) is 1.59. The number of methoxy groups -OCH3 is 1. The average molecular weight is 292 g/mol. The van der Waals surface area contributed by atoms with Crippen LogP contribution in [0.1, 0.15) is 20.7 Å². The van der Waals surface area contributed by atoms with E-state index in [1.807, 2.05) is 0 Å². The number of aromatic nitrogens is 1. The Bertz CT molecular complexity index is 640. The molecule has 1 aromatic heterocycles. The van der Waals surface area contributed by atoms with Crippen molar-refractivity contribution in [3.8, 4) is 5.75 Å². The molecular weight excluding hydrogens is 282 g/mol. The lowest BCUT2D eigenvalue weighted by atomic mass is 10.1. The first kappa shape index (κ1) is 14.0. The van der Waals surface area contributed by atoms with Crippen LogP contribution in [0.3, 0.4) is 0 Å². The second-order valence-corrected chi connectivity index (χ2v) is 4.17. The van der Waals surface area contributed by atoms with Crippen molar-refractivity contribution in [3.63, 3.8) is 0 Å². The Balaban J connectivity index is 2.17. The molecule has 6 heteroatoms. The first-order valence-electron chi connectivity index (χ1n) is 5.62. The van der Waals surface area contributed by atoms with Crippen LogP contribution in [0.15, 0.2) is 42.6 Å². The largest absolute Gasteiger partial charge is 0.465 e. The van der Waals surface area contributed by atoms with Gasteiger partial charge in [0.15, 0.2) is 0 Å². The molecule has 0 N–H and O–H groups in total. The Morgan fingerprint density at radius 2 is 1.80 bits per heavy atom. The van der Waals surface area contributed by atoms with E-state index in [4.69, 9.17) is 16.3 Å². The minimum Gasteiger partial charge on any atom is -0.465 e. The molecule has 0 atom stereocenters. The Morgan fingerprint density at radius 1 is 1.10 bits per heavy atom. The van der Waals surface area contributed by atoms with Gasteiger partial charge in [0.2, 0.25) is 0 Å². The predicted octanol–water partition coefficient (Wildman–Crippen LogP) is 2.74. The fourth-order valence-electron chi connectivity index (χ4n) is 1.48. The normalized spacial score (nSPS) is 9.90. The van der Waals surface area contributed by atoms with Crippen LogP contribution in [0.5, 0.6) is 5.75 Å². The predicted molar refractivity (Wildman–Crippen MR) is 72.0 cm³/mol. The maximum Gasteiger partial charge on any atom is 0.343 e. The van der Waals surface area contributed by atoms with Crippen LogP contribution in [0.25, 0.3) is 0 Å². The molecule has 0 radical (unpaired) electrons. The monoisotopic (exact) mass is 291 g/mol. The van der Waals surface area contributed by atoms with Gasteiger partial charge in [0, 0.05) is 0 Å². The summed E-state index contributed by atoms with van der Waals surface area (Å²) in [6.45, 7) is 0. The molecule has 0 aliphatic carbocycles. The number of esters is 2. The van der Waals surface area contributed by atoms with Crippen molar-refractivity contribution < 1.29 is 19.1 Å². The van der Waals surface area contributed by atoms with E-state index in [-0.39, 0.29) is 16.9 Å². The third-order valence-electron chi connectivity index (χ3n) is 2.43. The van der Waals surface area contributed by atoms with Gasteiger partial charge in [0.1, 0.15) is 10.9 Å². The highest BCUT2D eigenvalue weighted by molar-refractivity contribution is 6.29. The van der Waals surface area contributed by atoms with Crippen molar-refractivity contribution in [1.29, 1.82) is 0 Å². The van der Waals surface area contributed by atoms with Gasteiger partial charge < -0.3 is 9.47 Å². The maximum absolute atomic E-state index is 11.9. The molecule has 2 rings (SSSR count). The van der Waals surface area contributed by atoms with Crippen LogP contribution in [0, 0.1) is 0 Å². The molecule has 0 bridgehead atoms. The first-order chi connectivity index (χ1) is 9.60. The van der Waals surface area contributed by atoms with Crippen molar-refractivity contribution in [2.24, 2.45) is 0 Å². The van der Waals surface area contributed by atoms with Crippen molar-refractivity contribution in [1.82, 2.24) is 4.98 Å². The zero-order valence-corrected chi connectivity index (χ0v) is 11.3. The average Bonchev–Trinajstić information content (AvgIpc) is 2.49. The maximum atomic E-state index is 11.9. The molecular formula is C14H10ClNO4. The summed E-state index contributed by atoms with van der Waals surface area (Å²) >= 11 is 5.63. The van der Waals surface area contributed by atoms with Crippen LogP contribution in [-0.4, -0.2) is 24.0 Å². The van der Waals surface area contributed by atoms with Gasteiger partial charge in [-0.25, -0.2) is 14.6 Å². The zero-order chi connectivity index (χ0) is 14.5. The number of benzene rings is 1. The molecule has 0 spiro atoms. The highest BCUT2D eigenvalue weighted by atomic mass is 35.5. The molecule has 0 fully saturated rings. The van der Waals surface area contributed by atoms with Gasteiger partial charge >= 0.3 is 11.9 Å². The SMILES string of the molecule is COC(=O)c1cccc(C(=O)Oc2ccc(Cl)nc2)c1. The van der Waals surface area contributed by atoms with Gasteiger partial charge in [0.25, 0.3) is 0 Å². The van der Waals surface area contributed by atoms with Crippen molar-refractivity contribution in [3.05, 3.63) is 58.9 Å². The van der Waals surface area contributed by atoms with E-state index in [9.17, 15) is 9.59 Å². The fraction of sp³-hybridized carbons (Fsp3) is 0.0714. The Morgan fingerprint density at radius 3 is 2.40 bits per heavy atom. The zero-order valence-electron chi connectivity index (χ0n) is 10.5. The Kier molecular flexibility index (Phi) is 4.32. The summed E-state index contributed by atoms with van der Waals surface area (Å²) < 4.78 is 9.70. The summed E-state index contributed by atoms with van der Waals surface area (Å²) in [5.41, 5.74) is 0.513. The van der Waals surface area contributed by atoms with E-state index >= 15 is 0 Å². The van der Waals surface area contributed by atoms with Crippen LogP contribution < -0.4 is 4.74 Å². The number of halogens is 1. The van der Waals surface area contributed by atoms with Crippen molar-refractivity contribution >= 4 is 23.5 Å². The minimum absolute atomic E-state index is 0.239. The summed E-state index contributed by atoms with van der Waals surface area (Å²) in [5.74, 6) is -0.851. The molecule has 0 aliphatic rings. The second kappa shape index (κ2) is 6.16. The van der Waals surface area contributed by atoms with Gasteiger partial charge in [-0.3, -0.25) is 0 Å². The molecule has 0 aliphatic heterocycles. The molecule has 0 saturated heterocycles. The van der Waals surface area contributed by atoms with Crippen LogP contribution in [0.4, 0.5) is 0 Å². The molecule has 5 nitrogen and oxygen atoms in total. The standard InChI is InChI=1S/C14H10ClNO4/c1-19-13(17)9-3-2-4-10(7-9)14(18)20-11-5-6-12(15)16-8-11/h2-8H,1H3. The van der Waals surface area contributed by atoms with Crippen LogP contribution in [-0.2, 0) is 4.74 Å². The van der Waals surface area contributed by atoms with Gasteiger partial charge in [-0.05, 0) is 30.3 Å². The summed E-state index contributed by atoms with van der Waals surface area (Å²) in [4.78, 5) is 27.1. The lowest BCUT2D eigenvalue weighted by Crippen LogP contribution is -2.10. The summed E-state index contributed by atoms with van der Waals surface area (Å²) in [6, 6.07) is 9.09. The summed E-state index contributed by atoms with van der Waals surface area (Å²) in [5, 5.41) is 0.303. The number of rotatable bonds is 3. The number of pyridine rings is 1. The summed E-state index contributed by atoms with van der Waals surface area (Å²) in [6.07, 6.45) is 1.34.